The first-order valence-electron chi connectivity index (χ1n) is 8.12. The lowest BCUT2D eigenvalue weighted by atomic mass is 10.1. The number of halogens is 1. The summed E-state index contributed by atoms with van der Waals surface area (Å²) in [6.07, 6.45) is -0.562. The zero-order valence-corrected chi connectivity index (χ0v) is 14.0. The Morgan fingerprint density at radius 2 is 1.88 bits per heavy atom. The molecule has 6 nitrogen and oxygen atoms in total. The van der Waals surface area contributed by atoms with E-state index in [1.54, 1.807) is 25.1 Å². The predicted octanol–water partition coefficient (Wildman–Crippen LogP) is 3.15. The molecule has 1 aliphatic rings. The van der Waals surface area contributed by atoms with Gasteiger partial charge in [0.2, 0.25) is 5.91 Å². The Kier molecular flexibility index (Phi) is 4.97. The fourth-order valence-electron chi connectivity index (χ4n) is 2.52. The highest BCUT2D eigenvalue weighted by Crippen LogP contribution is 2.32. The lowest BCUT2D eigenvalue weighted by Gasteiger charge is -2.23. The third-order valence-corrected chi connectivity index (χ3v) is 3.94. The van der Waals surface area contributed by atoms with Crippen molar-refractivity contribution in [2.45, 2.75) is 25.9 Å². The van der Waals surface area contributed by atoms with Crippen LogP contribution < -0.4 is 15.4 Å². The Labute approximate surface area is 149 Å². The molecule has 0 fully saturated rings. The van der Waals surface area contributed by atoms with Crippen molar-refractivity contribution in [2.75, 3.05) is 10.6 Å². The Balaban J connectivity index is 1.57. The molecule has 0 radical (unpaired) electrons. The lowest BCUT2D eigenvalue weighted by Crippen LogP contribution is -2.34. The molecule has 3 rings (SSSR count). The van der Waals surface area contributed by atoms with Gasteiger partial charge in [-0.3, -0.25) is 14.4 Å². The van der Waals surface area contributed by atoms with Gasteiger partial charge in [0.05, 0.1) is 5.69 Å². The van der Waals surface area contributed by atoms with Crippen LogP contribution in [0, 0.1) is 5.82 Å². The van der Waals surface area contributed by atoms with Gasteiger partial charge in [0, 0.05) is 24.1 Å². The molecule has 2 amide bonds. The van der Waals surface area contributed by atoms with E-state index in [9.17, 15) is 18.8 Å². The first-order valence-corrected chi connectivity index (χ1v) is 8.12. The Morgan fingerprint density at radius 3 is 2.62 bits per heavy atom. The molecule has 1 atom stereocenters. The quantitative estimate of drug-likeness (QED) is 0.806. The van der Waals surface area contributed by atoms with Gasteiger partial charge in [0.15, 0.2) is 11.9 Å². The number of rotatable bonds is 5. The van der Waals surface area contributed by atoms with Crippen molar-refractivity contribution in [2.24, 2.45) is 0 Å². The maximum atomic E-state index is 12.9. The van der Waals surface area contributed by atoms with Gasteiger partial charge in [-0.1, -0.05) is 0 Å². The molecule has 0 spiro atoms. The minimum atomic E-state index is -0.569. The van der Waals surface area contributed by atoms with Gasteiger partial charge in [-0.05, 0) is 49.4 Å². The predicted molar refractivity (Wildman–Crippen MR) is 93.8 cm³/mol. The van der Waals surface area contributed by atoms with E-state index in [0.717, 1.165) is 0 Å². The molecule has 0 aromatic heterocycles. The van der Waals surface area contributed by atoms with Crippen LogP contribution in [-0.4, -0.2) is 23.7 Å². The molecule has 7 heteroatoms. The number of anilines is 2. The van der Waals surface area contributed by atoms with E-state index in [2.05, 4.69) is 10.6 Å². The van der Waals surface area contributed by atoms with Crippen molar-refractivity contribution in [3.05, 3.63) is 53.8 Å². The molecule has 0 saturated carbocycles. The van der Waals surface area contributed by atoms with Gasteiger partial charge in [0.25, 0.3) is 5.91 Å². The topological polar surface area (TPSA) is 84.5 Å². The average molecular weight is 356 g/mol. The van der Waals surface area contributed by atoms with Gasteiger partial charge in [-0.25, -0.2) is 4.39 Å². The van der Waals surface area contributed by atoms with Crippen molar-refractivity contribution in [3.63, 3.8) is 0 Å². The van der Waals surface area contributed by atoms with Crippen LogP contribution in [0.5, 0.6) is 5.75 Å². The molecule has 2 aromatic rings. The van der Waals surface area contributed by atoms with E-state index in [4.69, 9.17) is 4.74 Å². The van der Waals surface area contributed by atoms with Crippen LogP contribution >= 0.6 is 0 Å². The maximum Gasteiger partial charge on any atom is 0.265 e. The van der Waals surface area contributed by atoms with E-state index in [1.807, 2.05) is 0 Å². The number of amides is 2. The molecule has 1 unspecified atom stereocenters. The minimum Gasteiger partial charge on any atom is -0.479 e. The number of nitrogens with one attached hydrogen (secondary N) is 2. The number of carbonyl (C=O) groups is 3. The summed E-state index contributed by atoms with van der Waals surface area (Å²) in [5, 5.41) is 5.38. The molecule has 0 saturated heterocycles. The normalized spacial score (nSPS) is 15.5. The molecule has 26 heavy (non-hydrogen) atoms. The summed E-state index contributed by atoms with van der Waals surface area (Å²) in [4.78, 5) is 35.7. The Hall–Kier alpha value is -3.22. The van der Waals surface area contributed by atoms with Crippen LogP contribution in [0.2, 0.25) is 0 Å². The van der Waals surface area contributed by atoms with Crippen molar-refractivity contribution in [3.8, 4) is 5.75 Å². The van der Waals surface area contributed by atoms with Crippen molar-refractivity contribution >= 4 is 29.0 Å². The first kappa shape index (κ1) is 17.6. The monoisotopic (exact) mass is 356 g/mol. The largest absolute Gasteiger partial charge is 0.479 e. The summed E-state index contributed by atoms with van der Waals surface area (Å²) in [6.45, 7) is 1.64. The summed E-state index contributed by atoms with van der Waals surface area (Å²) in [5.74, 6) is -0.721. The van der Waals surface area contributed by atoms with Crippen molar-refractivity contribution < 1.29 is 23.5 Å². The minimum absolute atomic E-state index is 0.00676. The Morgan fingerprint density at radius 1 is 1.15 bits per heavy atom. The van der Waals surface area contributed by atoms with E-state index in [0.29, 0.717) is 22.7 Å². The highest BCUT2D eigenvalue weighted by molar-refractivity contribution is 6.01. The van der Waals surface area contributed by atoms with E-state index in [-0.39, 0.29) is 30.4 Å². The smallest absolute Gasteiger partial charge is 0.265 e. The second-order valence-corrected chi connectivity index (χ2v) is 5.94. The summed E-state index contributed by atoms with van der Waals surface area (Å²) >= 11 is 0. The molecule has 0 bridgehead atoms. The number of ketones is 1. The molecule has 1 aliphatic heterocycles. The van der Waals surface area contributed by atoms with Gasteiger partial charge in [-0.15, -0.1) is 0 Å². The zero-order chi connectivity index (χ0) is 18.7. The van der Waals surface area contributed by atoms with Gasteiger partial charge in [0.1, 0.15) is 11.6 Å². The number of hydrogen-bond acceptors (Lipinski definition) is 4. The van der Waals surface area contributed by atoms with Gasteiger partial charge in [-0.2, -0.15) is 0 Å². The van der Waals surface area contributed by atoms with Crippen LogP contribution in [0.3, 0.4) is 0 Å². The fraction of sp³-hybridized carbons (Fsp3) is 0.211. The number of hydrogen-bond donors (Lipinski definition) is 2. The summed E-state index contributed by atoms with van der Waals surface area (Å²) < 4.78 is 18.3. The standard InChI is InChI=1S/C19H17FN2O4/c1-11-19(25)22-15-10-14(6-8-17(15)26-11)21-18(24)9-7-16(23)12-2-4-13(20)5-3-12/h2-6,8,10-11H,7,9H2,1H3,(H,21,24)(H,22,25). The Bertz CT molecular complexity index is 864. The van der Waals surface area contributed by atoms with E-state index < -0.39 is 11.9 Å². The summed E-state index contributed by atoms with van der Waals surface area (Å²) in [7, 11) is 0. The average Bonchev–Trinajstić information content (AvgIpc) is 2.61. The highest BCUT2D eigenvalue weighted by Gasteiger charge is 2.23. The number of Topliss-reactive ketones (excluding diaryl/α,β-unsaturated/α-hetero) is 1. The van der Waals surface area contributed by atoms with Crippen molar-refractivity contribution in [1.82, 2.24) is 0 Å². The summed E-state index contributed by atoms with van der Waals surface area (Å²) in [5.41, 5.74) is 1.33. The fourth-order valence-corrected chi connectivity index (χ4v) is 2.52. The SMILES string of the molecule is CC1Oc2ccc(NC(=O)CCC(=O)c3ccc(F)cc3)cc2NC1=O. The van der Waals surface area contributed by atoms with E-state index in [1.165, 1.54) is 24.3 Å². The van der Waals surface area contributed by atoms with Gasteiger partial charge >= 0.3 is 0 Å². The van der Waals surface area contributed by atoms with Crippen LogP contribution in [0.1, 0.15) is 30.1 Å². The number of ether oxygens (including phenoxy) is 1. The van der Waals surface area contributed by atoms with Crippen molar-refractivity contribution in [1.29, 1.82) is 0 Å². The lowest BCUT2D eigenvalue weighted by molar-refractivity contribution is -0.122. The zero-order valence-electron chi connectivity index (χ0n) is 14.0. The molecular formula is C19H17FN2O4. The van der Waals surface area contributed by atoms with Gasteiger partial charge < -0.3 is 15.4 Å². The number of benzene rings is 2. The second-order valence-electron chi connectivity index (χ2n) is 5.94. The molecule has 134 valence electrons. The summed E-state index contributed by atoms with van der Waals surface area (Å²) in [6, 6.07) is 10.1. The van der Waals surface area contributed by atoms with Crippen LogP contribution in [0.25, 0.3) is 0 Å². The van der Waals surface area contributed by atoms with E-state index >= 15 is 0 Å². The number of carbonyl (C=O) groups excluding carboxylic acids is 3. The van der Waals surface area contributed by atoms with Crippen LogP contribution in [0.15, 0.2) is 42.5 Å². The maximum absolute atomic E-state index is 12.9. The molecule has 1 heterocycles. The molecule has 2 N–H and O–H groups in total. The third kappa shape index (κ3) is 4.05. The van der Waals surface area contributed by atoms with Crippen LogP contribution in [0.4, 0.5) is 15.8 Å². The molecule has 2 aromatic carbocycles. The van der Waals surface area contributed by atoms with Crippen LogP contribution in [-0.2, 0) is 9.59 Å². The molecule has 0 aliphatic carbocycles. The molecular weight excluding hydrogens is 339 g/mol. The number of fused-ring (bicyclic) bond motifs is 1. The second kappa shape index (κ2) is 7.35. The first-order chi connectivity index (χ1) is 12.4. The highest BCUT2D eigenvalue weighted by atomic mass is 19.1. The third-order valence-electron chi connectivity index (χ3n) is 3.94.